The highest BCUT2D eigenvalue weighted by atomic mass is 32.1. The Labute approximate surface area is 245 Å². The van der Waals surface area contributed by atoms with E-state index in [1.807, 2.05) is 11.4 Å². The molecule has 0 radical (unpaired) electrons. The van der Waals surface area contributed by atoms with Crippen molar-refractivity contribution in [3.8, 4) is 5.75 Å². The summed E-state index contributed by atoms with van der Waals surface area (Å²) >= 11 is 4.95. The normalized spacial score (nSPS) is 11.9. The van der Waals surface area contributed by atoms with Gasteiger partial charge in [0.25, 0.3) is 0 Å². The average Bonchev–Trinajstić information content (AvgIpc) is 2.94. The van der Waals surface area contributed by atoms with Crippen LogP contribution in [0.15, 0.2) is 54.6 Å². The summed E-state index contributed by atoms with van der Waals surface area (Å²) in [5, 5.41) is 14.7. The van der Waals surface area contributed by atoms with Crippen molar-refractivity contribution in [2.75, 3.05) is 30.3 Å². The van der Waals surface area contributed by atoms with Crippen molar-refractivity contribution in [1.82, 2.24) is 4.90 Å². The van der Waals surface area contributed by atoms with E-state index in [1.165, 1.54) is 4.90 Å². The number of halogens is 5. The number of ether oxygens (including phenoxy) is 2. The van der Waals surface area contributed by atoms with Gasteiger partial charge >= 0.3 is 6.09 Å². The molecule has 13 heteroatoms. The summed E-state index contributed by atoms with van der Waals surface area (Å²) in [6.07, 6.45) is -1.22. The molecule has 3 rings (SSSR count). The molecule has 0 aliphatic rings. The Morgan fingerprint density at radius 1 is 0.905 bits per heavy atom. The third-order valence-corrected chi connectivity index (χ3v) is 5.80. The van der Waals surface area contributed by atoms with E-state index in [-0.39, 0.29) is 19.7 Å². The van der Waals surface area contributed by atoms with Crippen LogP contribution in [0.5, 0.6) is 5.75 Å². The Morgan fingerprint density at radius 3 is 2.05 bits per heavy atom. The molecule has 0 saturated carbocycles. The van der Waals surface area contributed by atoms with Crippen molar-refractivity contribution in [2.45, 2.75) is 38.9 Å². The number of carbonyl (C=O) groups is 1. The van der Waals surface area contributed by atoms with Crippen LogP contribution in [0.2, 0.25) is 0 Å². The van der Waals surface area contributed by atoms with Crippen LogP contribution in [-0.4, -0.2) is 52.6 Å². The second-order valence-corrected chi connectivity index (χ2v) is 10.6. The third kappa shape index (κ3) is 9.28. The molecule has 0 saturated heterocycles. The molecule has 0 unspecified atom stereocenters. The van der Waals surface area contributed by atoms with Crippen molar-refractivity contribution in [1.29, 1.82) is 0 Å². The number of nitrogens with zero attached hydrogens (tertiary/aromatic N) is 1. The number of hydrogen-bond acceptors (Lipinski definition) is 5. The molecule has 0 bridgehead atoms. The first-order valence-corrected chi connectivity index (χ1v) is 13.2. The van der Waals surface area contributed by atoms with Crippen LogP contribution in [0.25, 0.3) is 0 Å². The number of nitrogens with one attached hydrogen (secondary N) is 2. The highest BCUT2D eigenvalue weighted by Gasteiger charge is 2.27. The lowest BCUT2D eigenvalue weighted by molar-refractivity contribution is 0.00944. The molecular weight excluding hydrogens is 581 g/mol. The van der Waals surface area contributed by atoms with Crippen LogP contribution in [0.3, 0.4) is 0 Å². The fourth-order valence-electron chi connectivity index (χ4n) is 3.61. The molecule has 226 valence electrons. The van der Waals surface area contributed by atoms with Gasteiger partial charge in [-0.2, -0.15) is 0 Å². The maximum Gasteiger partial charge on any atom is 0.410 e. The summed E-state index contributed by atoms with van der Waals surface area (Å²) in [6.45, 7) is 5.31. The van der Waals surface area contributed by atoms with E-state index in [0.29, 0.717) is 17.9 Å². The molecule has 3 N–H and O–H groups in total. The van der Waals surface area contributed by atoms with Crippen molar-refractivity contribution in [2.24, 2.45) is 0 Å². The maximum absolute atomic E-state index is 13.9. The number of aliphatic hydroxyl groups excluding tert-OH is 1. The van der Waals surface area contributed by atoms with Gasteiger partial charge in [-0.25, -0.2) is 26.7 Å². The zero-order valence-electron chi connectivity index (χ0n) is 23.0. The number of anilines is 2. The van der Waals surface area contributed by atoms with Gasteiger partial charge in [0, 0.05) is 12.2 Å². The largest absolute Gasteiger partial charge is 0.491 e. The lowest BCUT2D eigenvalue weighted by atomic mass is 10.1. The monoisotopic (exact) mass is 611 g/mol. The van der Waals surface area contributed by atoms with Crippen LogP contribution in [-0.2, 0) is 11.2 Å². The number of benzene rings is 3. The second-order valence-electron chi connectivity index (χ2n) is 10.2. The lowest BCUT2D eigenvalue weighted by Crippen LogP contribution is -2.43. The zero-order chi connectivity index (χ0) is 31.0. The Balaban J connectivity index is 1.60. The Hall–Kier alpha value is -3.97. The van der Waals surface area contributed by atoms with E-state index < -0.39 is 57.7 Å². The standard InChI is InChI=1S/C29H30F5N3O4S/c1-29(2,3)41-28(39)37(15-19(38)16-40-20-7-5-4-6-8-20)14-13-17-9-11-18(12-10-17)35-27(42)36-26-24(33)22(31)21(30)23(32)25(26)34/h4-12,19,38H,13-16H2,1-3H3,(H2,35,36,42)/t19-/m0/s1. The molecule has 3 aromatic rings. The summed E-state index contributed by atoms with van der Waals surface area (Å²) in [4.78, 5) is 14.2. The first-order chi connectivity index (χ1) is 19.7. The number of carbonyl (C=O) groups excluding carboxylic acids is 1. The van der Waals surface area contributed by atoms with E-state index in [9.17, 15) is 31.9 Å². The molecule has 0 aliphatic carbocycles. The molecular formula is C29H30F5N3O4S. The SMILES string of the molecule is CC(C)(C)OC(=O)N(CCc1ccc(NC(=S)Nc2c(F)c(F)c(F)c(F)c2F)cc1)C[C@H](O)COc1ccccc1. The van der Waals surface area contributed by atoms with Gasteiger partial charge in [0.15, 0.2) is 28.4 Å². The van der Waals surface area contributed by atoms with E-state index >= 15 is 0 Å². The smallest absolute Gasteiger partial charge is 0.410 e. The van der Waals surface area contributed by atoms with Crippen molar-refractivity contribution < 1.29 is 41.3 Å². The molecule has 0 spiro atoms. The lowest BCUT2D eigenvalue weighted by Gasteiger charge is -2.29. The number of hydrogen-bond donors (Lipinski definition) is 3. The van der Waals surface area contributed by atoms with Gasteiger partial charge < -0.3 is 30.1 Å². The van der Waals surface area contributed by atoms with Crippen LogP contribution >= 0.6 is 12.2 Å². The summed E-state index contributed by atoms with van der Waals surface area (Å²) in [5.41, 5.74) is -0.891. The minimum atomic E-state index is -2.27. The minimum absolute atomic E-state index is 0.0391. The number of amides is 1. The van der Waals surface area contributed by atoms with Gasteiger partial charge in [0.05, 0.1) is 6.54 Å². The fraction of sp³-hybridized carbons (Fsp3) is 0.310. The molecule has 1 amide bonds. The molecule has 42 heavy (non-hydrogen) atoms. The van der Waals surface area contributed by atoms with Crippen LogP contribution in [0, 0.1) is 29.1 Å². The maximum atomic E-state index is 13.9. The van der Waals surface area contributed by atoms with E-state index in [0.717, 1.165) is 5.56 Å². The molecule has 0 aromatic heterocycles. The van der Waals surface area contributed by atoms with Crippen LogP contribution in [0.1, 0.15) is 26.3 Å². The number of thiocarbonyl (C=S) groups is 1. The van der Waals surface area contributed by atoms with E-state index in [4.69, 9.17) is 21.7 Å². The van der Waals surface area contributed by atoms with Gasteiger partial charge in [0.2, 0.25) is 5.82 Å². The fourth-order valence-corrected chi connectivity index (χ4v) is 3.83. The van der Waals surface area contributed by atoms with Crippen LogP contribution in [0.4, 0.5) is 38.1 Å². The summed E-state index contributed by atoms with van der Waals surface area (Å²) in [6, 6.07) is 15.4. The molecule has 3 aromatic carbocycles. The topological polar surface area (TPSA) is 83.1 Å². The molecule has 0 aliphatic heterocycles. The van der Waals surface area contributed by atoms with Gasteiger partial charge in [-0.05, 0) is 69.2 Å². The first-order valence-electron chi connectivity index (χ1n) is 12.8. The Morgan fingerprint density at radius 2 is 1.48 bits per heavy atom. The van der Waals surface area contributed by atoms with Crippen LogP contribution < -0.4 is 15.4 Å². The second kappa shape index (κ2) is 14.3. The summed E-state index contributed by atoms with van der Waals surface area (Å²) in [7, 11) is 0. The van der Waals surface area contributed by atoms with Crippen molar-refractivity contribution >= 4 is 34.8 Å². The Bertz CT molecular complexity index is 1360. The van der Waals surface area contributed by atoms with E-state index in [2.05, 4.69) is 5.32 Å². The average molecular weight is 612 g/mol. The van der Waals surface area contributed by atoms with Crippen molar-refractivity contribution in [3.05, 3.63) is 89.2 Å². The molecule has 0 heterocycles. The predicted octanol–water partition coefficient (Wildman–Crippen LogP) is 6.41. The summed E-state index contributed by atoms with van der Waals surface area (Å²) < 4.78 is 79.1. The summed E-state index contributed by atoms with van der Waals surface area (Å²) in [5.74, 6) is -9.98. The number of para-hydroxylation sites is 1. The highest BCUT2D eigenvalue weighted by Crippen LogP contribution is 2.27. The Kier molecular flexibility index (Phi) is 11.1. The highest BCUT2D eigenvalue weighted by molar-refractivity contribution is 7.80. The molecule has 7 nitrogen and oxygen atoms in total. The molecule has 1 atom stereocenters. The number of aliphatic hydroxyl groups is 1. The number of rotatable bonds is 10. The van der Waals surface area contributed by atoms with Gasteiger partial charge in [0.1, 0.15) is 29.7 Å². The first kappa shape index (κ1) is 32.5. The predicted molar refractivity (Wildman–Crippen MR) is 152 cm³/mol. The van der Waals surface area contributed by atoms with Gasteiger partial charge in [-0.15, -0.1) is 0 Å². The third-order valence-electron chi connectivity index (χ3n) is 5.60. The van der Waals surface area contributed by atoms with Crippen molar-refractivity contribution in [3.63, 3.8) is 0 Å². The molecule has 0 fully saturated rings. The van der Waals surface area contributed by atoms with Gasteiger partial charge in [-0.3, -0.25) is 0 Å². The van der Waals surface area contributed by atoms with E-state index in [1.54, 1.807) is 69.3 Å². The minimum Gasteiger partial charge on any atom is -0.491 e. The quantitative estimate of drug-likeness (QED) is 0.106. The zero-order valence-corrected chi connectivity index (χ0v) is 23.8. The van der Waals surface area contributed by atoms with Gasteiger partial charge in [-0.1, -0.05) is 30.3 Å².